The van der Waals surface area contributed by atoms with Gasteiger partial charge in [0, 0.05) is 49.0 Å². The Morgan fingerprint density at radius 2 is 1.32 bits per heavy atom. The number of rotatable bonds is 5. The first-order valence-electron chi connectivity index (χ1n) is 9.10. The third-order valence-electron chi connectivity index (χ3n) is 5.31. The Hall–Kier alpha value is -2.42. The fraction of sp³-hybridized carbons (Fsp3) is 0.182. The molecule has 0 bridgehead atoms. The molecule has 1 atom stereocenters. The zero-order valence-corrected chi connectivity index (χ0v) is 18.2. The van der Waals surface area contributed by atoms with Crippen LogP contribution in [0.3, 0.4) is 0 Å². The highest BCUT2D eigenvalue weighted by atomic mass is 35.5. The Kier molecular flexibility index (Phi) is 7.86. The zero-order valence-electron chi connectivity index (χ0n) is 16.6. The maximum Gasteiger partial charge on any atom is 0.125 e. The number of methoxy groups -OCH3 is 1. The highest BCUT2D eigenvalue weighted by Gasteiger charge is 2.40. The molecule has 0 amide bonds. The molecular weight excluding hydrogens is 445 g/mol. The molecule has 31 heavy (non-hydrogen) atoms. The molecule has 4 rings (SSSR count). The van der Waals surface area contributed by atoms with E-state index < -0.39 is 23.3 Å². The van der Waals surface area contributed by atoms with Gasteiger partial charge >= 0.3 is 0 Å². The van der Waals surface area contributed by atoms with E-state index in [1.807, 2.05) is 0 Å². The third-order valence-corrected chi connectivity index (χ3v) is 5.31. The van der Waals surface area contributed by atoms with E-state index in [9.17, 15) is 8.78 Å². The van der Waals surface area contributed by atoms with Crippen molar-refractivity contribution in [1.82, 2.24) is 9.97 Å². The second-order valence-corrected chi connectivity index (χ2v) is 6.87. The average Bonchev–Trinajstić information content (AvgIpc) is 2.73. The molecule has 164 valence electrons. The number of aromatic nitrogens is 2. The third kappa shape index (κ3) is 4.20. The van der Waals surface area contributed by atoms with Crippen LogP contribution in [-0.4, -0.2) is 29.7 Å². The Labute approximate surface area is 190 Å². The molecule has 0 aliphatic rings. The molecule has 0 spiro atoms. The van der Waals surface area contributed by atoms with Gasteiger partial charge < -0.3 is 16.2 Å². The zero-order chi connectivity index (χ0) is 20.6. The first-order valence-corrected chi connectivity index (χ1v) is 9.10. The topological polar surface area (TPSA) is 87.0 Å². The van der Waals surface area contributed by atoms with Crippen molar-refractivity contribution in [3.05, 3.63) is 83.7 Å². The van der Waals surface area contributed by atoms with Crippen LogP contribution in [0.15, 0.2) is 60.9 Å². The molecule has 2 heterocycles. The second-order valence-electron chi connectivity index (χ2n) is 6.87. The normalized spacial score (nSPS) is 12.3. The molecule has 0 fully saturated rings. The van der Waals surface area contributed by atoms with Gasteiger partial charge in [0.05, 0.1) is 22.7 Å². The lowest BCUT2D eigenvalue weighted by Gasteiger charge is -2.38. The number of benzene rings is 2. The van der Waals surface area contributed by atoms with Crippen molar-refractivity contribution in [1.29, 1.82) is 0 Å². The monoisotopic (exact) mass is 466 g/mol. The van der Waals surface area contributed by atoms with E-state index in [2.05, 4.69) is 9.97 Å². The Balaban J connectivity index is 0.00000171. The minimum Gasteiger partial charge on any atom is -0.377 e. The molecule has 0 radical (unpaired) electrons. The van der Waals surface area contributed by atoms with Crippen molar-refractivity contribution < 1.29 is 13.5 Å². The van der Waals surface area contributed by atoms with E-state index >= 15 is 0 Å². The van der Waals surface area contributed by atoms with E-state index in [1.165, 1.54) is 31.4 Å². The van der Waals surface area contributed by atoms with Crippen LogP contribution in [0.5, 0.6) is 0 Å². The summed E-state index contributed by atoms with van der Waals surface area (Å²) in [5.74, 6) is -0.784. The highest BCUT2D eigenvalue weighted by Crippen LogP contribution is 2.38. The number of halogens is 4. The number of ether oxygens (including phenoxy) is 1. The van der Waals surface area contributed by atoms with Crippen molar-refractivity contribution in [3.8, 4) is 0 Å². The molecule has 4 aromatic rings. The van der Waals surface area contributed by atoms with Gasteiger partial charge in [0.1, 0.15) is 11.6 Å². The molecule has 4 N–H and O–H groups in total. The van der Waals surface area contributed by atoms with Crippen LogP contribution in [-0.2, 0) is 10.3 Å². The van der Waals surface area contributed by atoms with Gasteiger partial charge in [-0.25, -0.2) is 8.78 Å². The van der Waals surface area contributed by atoms with Crippen LogP contribution in [0.1, 0.15) is 11.1 Å². The molecular formula is C22H22Cl2F2N4O. The fourth-order valence-corrected chi connectivity index (χ4v) is 3.92. The van der Waals surface area contributed by atoms with Gasteiger partial charge in [0.25, 0.3) is 0 Å². The van der Waals surface area contributed by atoms with E-state index in [-0.39, 0.29) is 31.4 Å². The predicted molar refractivity (Wildman–Crippen MR) is 123 cm³/mol. The minimum absolute atomic E-state index is 0. The van der Waals surface area contributed by atoms with Crippen LogP contribution < -0.4 is 11.5 Å². The molecule has 2 aromatic carbocycles. The van der Waals surface area contributed by atoms with Crippen molar-refractivity contribution in [2.24, 2.45) is 11.5 Å². The molecule has 2 aromatic heterocycles. The van der Waals surface area contributed by atoms with Crippen molar-refractivity contribution in [2.45, 2.75) is 11.6 Å². The summed E-state index contributed by atoms with van der Waals surface area (Å²) in [4.78, 5) is 8.53. The standard InChI is InChI=1S/C22H20F2N4O.2ClH/c1-29-21(12-25)22(26,17-6-8-27-19-10-13(23)2-4-15(17)19)18-7-9-28-20-11-14(24)3-5-16(18)20;;/h2-11,21H,12,25-26H2,1H3;2*1H. The number of fused-ring (bicyclic) bond motifs is 2. The lowest BCUT2D eigenvalue weighted by Crippen LogP contribution is -2.53. The average molecular weight is 467 g/mol. The molecule has 0 saturated carbocycles. The number of nitrogens with two attached hydrogens (primary N) is 2. The summed E-state index contributed by atoms with van der Waals surface area (Å²) in [6.45, 7) is 0.128. The van der Waals surface area contributed by atoms with Gasteiger partial charge in [0.2, 0.25) is 0 Å². The van der Waals surface area contributed by atoms with Gasteiger partial charge in [-0.15, -0.1) is 24.8 Å². The van der Waals surface area contributed by atoms with Crippen LogP contribution >= 0.6 is 24.8 Å². The number of nitrogens with zero attached hydrogens (tertiary/aromatic N) is 2. The molecule has 0 saturated heterocycles. The first kappa shape index (κ1) is 24.8. The summed E-state index contributed by atoms with van der Waals surface area (Å²) >= 11 is 0. The van der Waals surface area contributed by atoms with E-state index in [1.54, 1.807) is 36.7 Å². The largest absolute Gasteiger partial charge is 0.377 e. The van der Waals surface area contributed by atoms with E-state index in [0.29, 0.717) is 32.9 Å². The maximum absolute atomic E-state index is 13.8. The first-order chi connectivity index (χ1) is 14.0. The number of hydrogen-bond donors (Lipinski definition) is 2. The lowest BCUT2D eigenvalue weighted by atomic mass is 9.76. The lowest BCUT2D eigenvalue weighted by molar-refractivity contribution is 0.0574. The quantitative estimate of drug-likeness (QED) is 0.462. The van der Waals surface area contributed by atoms with Crippen molar-refractivity contribution in [3.63, 3.8) is 0 Å². The molecule has 1 unspecified atom stereocenters. The maximum atomic E-state index is 13.8. The van der Waals surface area contributed by atoms with Gasteiger partial charge in [0.15, 0.2) is 0 Å². The van der Waals surface area contributed by atoms with E-state index in [4.69, 9.17) is 16.2 Å². The van der Waals surface area contributed by atoms with Crippen molar-refractivity contribution in [2.75, 3.05) is 13.7 Å². The number of hydrogen-bond acceptors (Lipinski definition) is 5. The molecule has 0 aliphatic heterocycles. The van der Waals surface area contributed by atoms with Gasteiger partial charge in [-0.1, -0.05) is 0 Å². The van der Waals surface area contributed by atoms with Crippen LogP contribution in [0.25, 0.3) is 21.8 Å². The Bertz CT molecular complexity index is 1120. The summed E-state index contributed by atoms with van der Waals surface area (Å²) in [7, 11) is 1.53. The van der Waals surface area contributed by atoms with Crippen LogP contribution in [0, 0.1) is 11.6 Å². The molecule has 5 nitrogen and oxygen atoms in total. The van der Waals surface area contributed by atoms with Gasteiger partial charge in [-0.2, -0.15) is 0 Å². The van der Waals surface area contributed by atoms with E-state index in [0.717, 1.165) is 0 Å². The summed E-state index contributed by atoms with van der Waals surface area (Å²) in [5, 5.41) is 1.36. The summed E-state index contributed by atoms with van der Waals surface area (Å²) in [6.07, 6.45) is 2.53. The Morgan fingerprint density at radius 3 is 1.71 bits per heavy atom. The minimum atomic E-state index is -1.22. The smallest absolute Gasteiger partial charge is 0.125 e. The van der Waals surface area contributed by atoms with Crippen molar-refractivity contribution >= 4 is 46.6 Å². The second kappa shape index (κ2) is 9.80. The van der Waals surface area contributed by atoms with Crippen LogP contribution in [0.2, 0.25) is 0 Å². The summed E-state index contributed by atoms with van der Waals surface area (Å²) < 4.78 is 33.2. The van der Waals surface area contributed by atoms with Crippen LogP contribution in [0.4, 0.5) is 8.78 Å². The molecule has 0 aliphatic carbocycles. The van der Waals surface area contributed by atoms with Gasteiger partial charge in [-0.3, -0.25) is 9.97 Å². The predicted octanol–water partition coefficient (Wildman–Crippen LogP) is 4.08. The summed E-state index contributed by atoms with van der Waals surface area (Å²) in [6, 6.07) is 12.3. The molecule has 9 heteroatoms. The SMILES string of the molecule is COC(CN)C(N)(c1ccnc2cc(F)ccc12)c1ccnc2cc(F)ccc12.Cl.Cl. The highest BCUT2D eigenvalue weighted by molar-refractivity contribution is 5.88. The number of pyridine rings is 2. The fourth-order valence-electron chi connectivity index (χ4n) is 3.92. The summed E-state index contributed by atoms with van der Waals surface area (Å²) in [5.41, 5.74) is 14.2. The van der Waals surface area contributed by atoms with Gasteiger partial charge in [-0.05, 0) is 47.5 Å². The Morgan fingerprint density at radius 1 is 0.871 bits per heavy atom.